The minimum absolute atomic E-state index is 0.237. The van der Waals surface area contributed by atoms with Crippen LogP contribution in [0.3, 0.4) is 0 Å². The molecule has 0 radical (unpaired) electrons. The summed E-state index contributed by atoms with van der Waals surface area (Å²) in [6.07, 6.45) is 0. The van der Waals surface area contributed by atoms with Crippen molar-refractivity contribution in [1.29, 1.82) is 0 Å². The van der Waals surface area contributed by atoms with Crippen molar-refractivity contribution in [1.82, 2.24) is 0 Å². The first kappa shape index (κ1) is 13.4. The third-order valence-corrected chi connectivity index (χ3v) is 3.06. The fraction of sp³-hybridized carbons (Fsp3) is 0.133. The lowest BCUT2D eigenvalue weighted by Gasteiger charge is -2.08. The van der Waals surface area contributed by atoms with Crippen LogP contribution in [0, 0.1) is 6.92 Å². The fourth-order valence-corrected chi connectivity index (χ4v) is 1.91. The van der Waals surface area contributed by atoms with Crippen molar-refractivity contribution in [3.8, 4) is 5.75 Å². The SMILES string of the molecule is Cc1ccc(COc2ccc(C(=O)O)cc2)c(Cl)c1. The highest BCUT2D eigenvalue weighted by Gasteiger charge is 2.04. The van der Waals surface area contributed by atoms with Crippen molar-refractivity contribution < 1.29 is 14.6 Å². The first-order valence-corrected chi connectivity index (χ1v) is 6.15. The van der Waals surface area contributed by atoms with Crippen LogP contribution in [0.4, 0.5) is 0 Å². The molecule has 98 valence electrons. The number of aromatic carboxylic acids is 1. The lowest BCUT2D eigenvalue weighted by atomic mass is 10.1. The van der Waals surface area contributed by atoms with E-state index in [-0.39, 0.29) is 5.56 Å². The van der Waals surface area contributed by atoms with Crippen molar-refractivity contribution in [2.75, 3.05) is 0 Å². The zero-order valence-electron chi connectivity index (χ0n) is 10.4. The third-order valence-electron chi connectivity index (χ3n) is 2.70. The maximum atomic E-state index is 10.7. The van der Waals surface area contributed by atoms with E-state index in [0.29, 0.717) is 17.4 Å². The van der Waals surface area contributed by atoms with Gasteiger partial charge in [0.05, 0.1) is 5.56 Å². The Morgan fingerprint density at radius 2 is 1.89 bits per heavy atom. The predicted molar refractivity (Wildman–Crippen MR) is 73.9 cm³/mol. The molecule has 0 aliphatic carbocycles. The Hall–Kier alpha value is -2.00. The molecule has 2 aromatic rings. The first-order chi connectivity index (χ1) is 9.06. The molecule has 3 nitrogen and oxygen atoms in total. The monoisotopic (exact) mass is 276 g/mol. The molecule has 0 aromatic heterocycles. The van der Waals surface area contributed by atoms with E-state index in [1.54, 1.807) is 12.1 Å². The van der Waals surface area contributed by atoms with Crippen LogP contribution in [0.25, 0.3) is 0 Å². The number of hydrogen-bond donors (Lipinski definition) is 1. The number of carboxylic acid groups (broad SMARTS) is 1. The Kier molecular flexibility index (Phi) is 4.07. The van der Waals surface area contributed by atoms with E-state index >= 15 is 0 Å². The van der Waals surface area contributed by atoms with Crippen LogP contribution in [0.2, 0.25) is 5.02 Å². The lowest BCUT2D eigenvalue weighted by Crippen LogP contribution is -1.98. The minimum Gasteiger partial charge on any atom is -0.489 e. The molecule has 0 fully saturated rings. The summed E-state index contributed by atoms with van der Waals surface area (Å²) in [4.78, 5) is 10.7. The Morgan fingerprint density at radius 3 is 2.47 bits per heavy atom. The highest BCUT2D eigenvalue weighted by Crippen LogP contribution is 2.20. The van der Waals surface area contributed by atoms with E-state index < -0.39 is 5.97 Å². The van der Waals surface area contributed by atoms with Crippen molar-refractivity contribution in [3.05, 3.63) is 64.2 Å². The van der Waals surface area contributed by atoms with E-state index in [4.69, 9.17) is 21.4 Å². The summed E-state index contributed by atoms with van der Waals surface area (Å²) < 4.78 is 5.57. The summed E-state index contributed by atoms with van der Waals surface area (Å²) in [5.74, 6) is -0.338. The molecule has 19 heavy (non-hydrogen) atoms. The second-order valence-electron chi connectivity index (χ2n) is 4.21. The molecule has 0 heterocycles. The molecule has 4 heteroatoms. The number of benzene rings is 2. The van der Waals surface area contributed by atoms with Crippen LogP contribution in [-0.2, 0) is 6.61 Å². The van der Waals surface area contributed by atoms with Crippen LogP contribution in [0.5, 0.6) is 5.75 Å². The minimum atomic E-state index is -0.951. The average molecular weight is 277 g/mol. The van der Waals surface area contributed by atoms with Gasteiger partial charge in [-0.2, -0.15) is 0 Å². The molecule has 0 atom stereocenters. The van der Waals surface area contributed by atoms with E-state index in [2.05, 4.69) is 0 Å². The molecule has 0 spiro atoms. The number of aryl methyl sites for hydroxylation is 1. The van der Waals surface area contributed by atoms with E-state index in [1.165, 1.54) is 12.1 Å². The van der Waals surface area contributed by atoms with Crippen LogP contribution >= 0.6 is 11.6 Å². The Morgan fingerprint density at radius 1 is 1.21 bits per heavy atom. The van der Waals surface area contributed by atoms with Crippen molar-refractivity contribution in [3.63, 3.8) is 0 Å². The van der Waals surface area contributed by atoms with Gasteiger partial charge in [0.15, 0.2) is 0 Å². The quantitative estimate of drug-likeness (QED) is 0.920. The fourth-order valence-electron chi connectivity index (χ4n) is 1.62. The van der Waals surface area contributed by atoms with Gasteiger partial charge < -0.3 is 9.84 Å². The van der Waals surface area contributed by atoms with Crippen LogP contribution in [-0.4, -0.2) is 11.1 Å². The van der Waals surface area contributed by atoms with Crippen molar-refractivity contribution >= 4 is 17.6 Å². The van der Waals surface area contributed by atoms with Gasteiger partial charge in [-0.05, 0) is 42.8 Å². The average Bonchev–Trinajstić information content (AvgIpc) is 2.38. The summed E-state index contributed by atoms with van der Waals surface area (Å²) in [7, 11) is 0. The summed E-state index contributed by atoms with van der Waals surface area (Å²) in [6.45, 7) is 2.33. The number of carbonyl (C=O) groups is 1. The molecule has 0 amide bonds. The van der Waals surface area contributed by atoms with Gasteiger partial charge in [0.2, 0.25) is 0 Å². The standard InChI is InChI=1S/C15H13ClO3/c1-10-2-3-12(14(16)8-10)9-19-13-6-4-11(5-7-13)15(17)18/h2-8H,9H2,1H3,(H,17,18). The van der Waals surface area contributed by atoms with Crippen molar-refractivity contribution in [2.24, 2.45) is 0 Å². The normalized spacial score (nSPS) is 10.2. The van der Waals surface area contributed by atoms with E-state index in [1.807, 2.05) is 25.1 Å². The van der Waals surface area contributed by atoms with Gasteiger partial charge in [0.1, 0.15) is 12.4 Å². The Balaban J connectivity index is 2.04. The van der Waals surface area contributed by atoms with Crippen LogP contribution < -0.4 is 4.74 Å². The first-order valence-electron chi connectivity index (χ1n) is 5.77. The zero-order chi connectivity index (χ0) is 13.8. The summed E-state index contributed by atoms with van der Waals surface area (Å²) in [6, 6.07) is 12.1. The lowest BCUT2D eigenvalue weighted by molar-refractivity contribution is 0.0697. The summed E-state index contributed by atoms with van der Waals surface area (Å²) in [5.41, 5.74) is 2.23. The molecule has 1 N–H and O–H groups in total. The Bertz CT molecular complexity index is 591. The third kappa shape index (κ3) is 3.48. The molecule has 0 unspecified atom stereocenters. The summed E-state index contributed by atoms with van der Waals surface area (Å²) in [5, 5.41) is 9.46. The van der Waals surface area contributed by atoms with E-state index in [9.17, 15) is 4.79 Å². The Labute approximate surface area is 116 Å². The molecule has 2 rings (SSSR count). The number of rotatable bonds is 4. The predicted octanol–water partition coefficient (Wildman–Crippen LogP) is 3.93. The number of halogens is 1. The van der Waals surface area contributed by atoms with Crippen LogP contribution in [0.15, 0.2) is 42.5 Å². The molecule has 0 saturated carbocycles. The smallest absolute Gasteiger partial charge is 0.335 e. The second-order valence-corrected chi connectivity index (χ2v) is 4.62. The van der Waals surface area contributed by atoms with Gasteiger partial charge in [-0.25, -0.2) is 4.79 Å². The maximum Gasteiger partial charge on any atom is 0.335 e. The van der Waals surface area contributed by atoms with Crippen molar-refractivity contribution in [2.45, 2.75) is 13.5 Å². The molecular formula is C15H13ClO3. The summed E-state index contributed by atoms with van der Waals surface area (Å²) >= 11 is 6.10. The van der Waals surface area contributed by atoms with Gasteiger partial charge in [0, 0.05) is 10.6 Å². The number of hydrogen-bond acceptors (Lipinski definition) is 2. The van der Waals surface area contributed by atoms with Gasteiger partial charge in [-0.1, -0.05) is 23.7 Å². The zero-order valence-corrected chi connectivity index (χ0v) is 11.1. The largest absolute Gasteiger partial charge is 0.489 e. The van der Waals surface area contributed by atoms with Crippen LogP contribution in [0.1, 0.15) is 21.5 Å². The molecule has 0 aliphatic rings. The molecule has 0 aliphatic heterocycles. The van der Waals surface area contributed by atoms with Gasteiger partial charge in [0.25, 0.3) is 0 Å². The molecule has 0 saturated heterocycles. The highest BCUT2D eigenvalue weighted by molar-refractivity contribution is 6.31. The molecule has 0 bridgehead atoms. The van der Waals surface area contributed by atoms with Gasteiger partial charge in [-0.3, -0.25) is 0 Å². The topological polar surface area (TPSA) is 46.5 Å². The van der Waals surface area contributed by atoms with Gasteiger partial charge >= 0.3 is 5.97 Å². The number of ether oxygens (including phenoxy) is 1. The molecule has 2 aromatic carbocycles. The molecular weight excluding hydrogens is 264 g/mol. The van der Waals surface area contributed by atoms with Gasteiger partial charge in [-0.15, -0.1) is 0 Å². The highest BCUT2D eigenvalue weighted by atomic mass is 35.5. The van der Waals surface area contributed by atoms with E-state index in [0.717, 1.165) is 11.1 Å². The second kappa shape index (κ2) is 5.76. The number of carboxylic acids is 1. The maximum absolute atomic E-state index is 10.7.